The third-order valence-electron chi connectivity index (χ3n) is 3.03. The zero-order valence-corrected chi connectivity index (χ0v) is 13.6. The molecule has 2 rings (SSSR count). The summed E-state index contributed by atoms with van der Waals surface area (Å²) in [6.07, 6.45) is 0. The van der Waals surface area contributed by atoms with Crippen LogP contribution in [0.15, 0.2) is 40.9 Å². The first kappa shape index (κ1) is 15.4. The van der Waals surface area contributed by atoms with Crippen LogP contribution in [0, 0.1) is 0 Å². The molecule has 5 heteroatoms. The summed E-state index contributed by atoms with van der Waals surface area (Å²) in [5.41, 5.74) is 1.00. The van der Waals surface area contributed by atoms with Crippen LogP contribution in [0.1, 0.15) is 15.9 Å². The van der Waals surface area contributed by atoms with Crippen molar-refractivity contribution in [3.8, 4) is 17.2 Å². The average Bonchev–Trinajstić information content (AvgIpc) is 2.54. The molecule has 0 radical (unpaired) electrons. The Hall–Kier alpha value is -2.01. The highest BCUT2D eigenvalue weighted by Gasteiger charge is 2.16. The fraction of sp³-hybridized carbons (Fsp3) is 0.188. The van der Waals surface area contributed by atoms with Gasteiger partial charge in [-0.15, -0.1) is 0 Å². The molecule has 2 aromatic rings. The first-order valence-corrected chi connectivity index (χ1v) is 6.99. The second-order valence-electron chi connectivity index (χ2n) is 4.28. The molecule has 0 aliphatic heterocycles. The van der Waals surface area contributed by atoms with Crippen LogP contribution in [0.2, 0.25) is 0 Å². The molecular formula is C16H15BrO4. The number of halogens is 1. The van der Waals surface area contributed by atoms with Gasteiger partial charge in [0.1, 0.15) is 17.2 Å². The molecule has 2 aromatic carbocycles. The molecule has 21 heavy (non-hydrogen) atoms. The van der Waals surface area contributed by atoms with E-state index in [0.717, 1.165) is 0 Å². The molecule has 0 spiro atoms. The third kappa shape index (κ3) is 3.36. The number of ketones is 1. The SMILES string of the molecule is COc1cc(OC)cc(C(=O)c2cc(OC)ccc2Br)c1. The van der Waals surface area contributed by atoms with Gasteiger partial charge in [0, 0.05) is 21.7 Å². The van der Waals surface area contributed by atoms with Crippen LogP contribution in [0.25, 0.3) is 0 Å². The maximum absolute atomic E-state index is 12.7. The molecule has 0 aliphatic rings. The van der Waals surface area contributed by atoms with Gasteiger partial charge >= 0.3 is 0 Å². The van der Waals surface area contributed by atoms with Crippen LogP contribution >= 0.6 is 15.9 Å². The topological polar surface area (TPSA) is 44.8 Å². The van der Waals surface area contributed by atoms with Gasteiger partial charge in [0.05, 0.1) is 21.3 Å². The van der Waals surface area contributed by atoms with Crippen molar-refractivity contribution in [2.24, 2.45) is 0 Å². The number of carbonyl (C=O) groups is 1. The number of rotatable bonds is 5. The lowest BCUT2D eigenvalue weighted by Crippen LogP contribution is -2.04. The number of ether oxygens (including phenoxy) is 3. The molecule has 0 amide bonds. The molecule has 0 saturated carbocycles. The normalized spacial score (nSPS) is 10.1. The van der Waals surface area contributed by atoms with Crippen LogP contribution in [-0.2, 0) is 0 Å². The summed E-state index contributed by atoms with van der Waals surface area (Å²) in [4.78, 5) is 12.7. The predicted octanol–water partition coefficient (Wildman–Crippen LogP) is 3.71. The van der Waals surface area contributed by atoms with Crippen molar-refractivity contribution in [1.82, 2.24) is 0 Å². The van der Waals surface area contributed by atoms with Crippen molar-refractivity contribution in [2.45, 2.75) is 0 Å². The highest BCUT2D eigenvalue weighted by molar-refractivity contribution is 9.10. The van der Waals surface area contributed by atoms with E-state index in [-0.39, 0.29) is 5.78 Å². The van der Waals surface area contributed by atoms with Gasteiger partial charge in [-0.1, -0.05) is 15.9 Å². The molecule has 0 fully saturated rings. The van der Waals surface area contributed by atoms with Crippen LogP contribution < -0.4 is 14.2 Å². The Morgan fingerprint density at radius 1 is 0.857 bits per heavy atom. The van der Waals surface area contributed by atoms with Gasteiger partial charge in [0.25, 0.3) is 0 Å². The second kappa shape index (κ2) is 6.63. The van der Waals surface area contributed by atoms with E-state index in [2.05, 4.69) is 15.9 Å². The average molecular weight is 351 g/mol. The largest absolute Gasteiger partial charge is 0.497 e. The quantitative estimate of drug-likeness (QED) is 0.771. The maximum atomic E-state index is 12.7. The lowest BCUT2D eigenvalue weighted by molar-refractivity contribution is 0.103. The fourth-order valence-corrected chi connectivity index (χ4v) is 2.33. The Kier molecular flexibility index (Phi) is 4.85. The summed E-state index contributed by atoms with van der Waals surface area (Å²) in [5, 5.41) is 0. The number of methoxy groups -OCH3 is 3. The van der Waals surface area contributed by atoms with Gasteiger partial charge in [0.2, 0.25) is 0 Å². The summed E-state index contributed by atoms with van der Waals surface area (Å²) in [7, 11) is 4.65. The van der Waals surface area contributed by atoms with Crippen molar-refractivity contribution < 1.29 is 19.0 Å². The molecule has 0 aromatic heterocycles. The van der Waals surface area contributed by atoms with Gasteiger partial charge < -0.3 is 14.2 Å². The minimum atomic E-state index is -0.141. The zero-order valence-electron chi connectivity index (χ0n) is 12.0. The summed E-state index contributed by atoms with van der Waals surface area (Å²) in [5.74, 6) is 1.61. The highest BCUT2D eigenvalue weighted by Crippen LogP contribution is 2.28. The summed E-state index contributed by atoms with van der Waals surface area (Å²) >= 11 is 3.39. The van der Waals surface area contributed by atoms with Crippen molar-refractivity contribution in [2.75, 3.05) is 21.3 Å². The van der Waals surface area contributed by atoms with Gasteiger partial charge in [-0.05, 0) is 30.3 Å². The molecule has 4 nitrogen and oxygen atoms in total. The monoisotopic (exact) mass is 350 g/mol. The molecule has 0 atom stereocenters. The minimum Gasteiger partial charge on any atom is -0.497 e. The smallest absolute Gasteiger partial charge is 0.194 e. The Bertz CT molecular complexity index is 645. The van der Waals surface area contributed by atoms with Crippen molar-refractivity contribution in [3.63, 3.8) is 0 Å². The Balaban J connectivity index is 2.49. The summed E-state index contributed by atoms with van der Waals surface area (Å²) in [6, 6.07) is 10.3. The summed E-state index contributed by atoms with van der Waals surface area (Å²) in [6.45, 7) is 0. The number of carbonyl (C=O) groups excluding carboxylic acids is 1. The van der Waals surface area contributed by atoms with Gasteiger partial charge in [-0.25, -0.2) is 0 Å². The number of benzene rings is 2. The zero-order chi connectivity index (χ0) is 15.4. The second-order valence-corrected chi connectivity index (χ2v) is 5.13. The molecule has 0 aliphatic carbocycles. The molecule has 0 heterocycles. The Morgan fingerprint density at radius 3 is 1.95 bits per heavy atom. The minimum absolute atomic E-state index is 0.141. The van der Waals surface area contributed by atoms with E-state index < -0.39 is 0 Å². The highest BCUT2D eigenvalue weighted by atomic mass is 79.9. The van der Waals surface area contributed by atoms with Gasteiger partial charge in [-0.3, -0.25) is 4.79 Å². The van der Waals surface area contributed by atoms with E-state index >= 15 is 0 Å². The van der Waals surface area contributed by atoms with Crippen LogP contribution in [-0.4, -0.2) is 27.1 Å². The van der Waals surface area contributed by atoms with E-state index in [1.165, 1.54) is 0 Å². The molecular weight excluding hydrogens is 336 g/mol. The van der Waals surface area contributed by atoms with Crippen LogP contribution in [0.4, 0.5) is 0 Å². The Morgan fingerprint density at radius 2 is 1.43 bits per heavy atom. The van der Waals surface area contributed by atoms with Crippen molar-refractivity contribution >= 4 is 21.7 Å². The van der Waals surface area contributed by atoms with Crippen LogP contribution in [0.3, 0.4) is 0 Å². The van der Waals surface area contributed by atoms with E-state index in [9.17, 15) is 4.79 Å². The lowest BCUT2D eigenvalue weighted by atomic mass is 10.0. The number of hydrogen-bond acceptors (Lipinski definition) is 4. The molecule has 110 valence electrons. The van der Waals surface area contributed by atoms with E-state index in [1.54, 1.807) is 57.7 Å². The lowest BCUT2D eigenvalue weighted by Gasteiger charge is -2.10. The first-order chi connectivity index (χ1) is 10.1. The molecule has 0 bridgehead atoms. The maximum Gasteiger partial charge on any atom is 0.194 e. The molecule has 0 saturated heterocycles. The van der Waals surface area contributed by atoms with E-state index in [0.29, 0.717) is 32.8 Å². The predicted molar refractivity (Wildman–Crippen MR) is 83.7 cm³/mol. The first-order valence-electron chi connectivity index (χ1n) is 6.20. The van der Waals surface area contributed by atoms with Crippen molar-refractivity contribution in [3.05, 3.63) is 52.0 Å². The van der Waals surface area contributed by atoms with E-state index in [4.69, 9.17) is 14.2 Å². The third-order valence-corrected chi connectivity index (χ3v) is 3.72. The van der Waals surface area contributed by atoms with Gasteiger partial charge in [-0.2, -0.15) is 0 Å². The van der Waals surface area contributed by atoms with E-state index in [1.807, 2.05) is 0 Å². The standard InChI is InChI=1S/C16H15BrO4/c1-19-11-4-5-15(17)14(9-11)16(18)10-6-12(20-2)8-13(7-10)21-3/h4-9H,1-3H3. The summed E-state index contributed by atoms with van der Waals surface area (Å²) < 4.78 is 16.2. The molecule has 0 N–H and O–H groups in total. The fourth-order valence-electron chi connectivity index (χ4n) is 1.90. The van der Waals surface area contributed by atoms with Crippen LogP contribution in [0.5, 0.6) is 17.2 Å². The van der Waals surface area contributed by atoms with Gasteiger partial charge in [0.15, 0.2) is 5.78 Å². The van der Waals surface area contributed by atoms with Crippen molar-refractivity contribution in [1.29, 1.82) is 0 Å². The number of hydrogen-bond donors (Lipinski definition) is 0. The molecule has 0 unspecified atom stereocenters. The Labute approximate surface area is 131 Å².